The van der Waals surface area contributed by atoms with E-state index in [1.165, 1.54) is 12.1 Å². The summed E-state index contributed by atoms with van der Waals surface area (Å²) in [5, 5.41) is 2.49. The number of nitrogens with zero attached hydrogens (tertiary/aromatic N) is 2. The second-order valence-electron chi connectivity index (χ2n) is 8.17. The first-order valence-corrected chi connectivity index (χ1v) is 9.51. The predicted molar refractivity (Wildman–Crippen MR) is 97.4 cm³/mol. The summed E-state index contributed by atoms with van der Waals surface area (Å²) in [5.74, 6) is -0.323. The van der Waals surface area contributed by atoms with Crippen LogP contribution in [0.5, 0.6) is 0 Å². The molecule has 0 atom stereocenters. The highest BCUT2D eigenvalue weighted by Gasteiger charge is 2.39. The quantitative estimate of drug-likeness (QED) is 0.651. The number of piperidine rings is 1. The molecule has 1 aliphatic heterocycles. The fraction of sp³-hybridized carbons (Fsp3) is 0.650. The number of benzene rings is 1. The van der Waals surface area contributed by atoms with E-state index >= 15 is 0 Å². The summed E-state index contributed by atoms with van der Waals surface area (Å²) >= 11 is 0. The fourth-order valence-electron chi connectivity index (χ4n) is 4.63. The van der Waals surface area contributed by atoms with Gasteiger partial charge in [0.2, 0.25) is 0 Å². The van der Waals surface area contributed by atoms with Gasteiger partial charge < -0.3 is 4.90 Å². The van der Waals surface area contributed by atoms with E-state index in [1.54, 1.807) is 6.92 Å². The van der Waals surface area contributed by atoms with Crippen molar-refractivity contribution >= 4 is 11.6 Å². The SMILES string of the molecule is Cc1cc(N2CCC3(CCC(CC(=O)N=O)CC3)CC2)cc(C(F)(F)F)c1. The van der Waals surface area contributed by atoms with Crippen LogP contribution < -0.4 is 4.90 Å². The Hall–Kier alpha value is -1.92. The van der Waals surface area contributed by atoms with Gasteiger partial charge in [0.1, 0.15) is 0 Å². The lowest BCUT2D eigenvalue weighted by Gasteiger charge is -2.46. The average Bonchev–Trinajstić information content (AvgIpc) is 2.63. The van der Waals surface area contributed by atoms with E-state index in [1.807, 2.05) is 6.07 Å². The summed E-state index contributed by atoms with van der Waals surface area (Å²) in [6.45, 7) is 3.20. The third-order valence-corrected chi connectivity index (χ3v) is 6.31. The van der Waals surface area contributed by atoms with Crippen LogP contribution in [-0.2, 0) is 11.0 Å². The average molecular weight is 382 g/mol. The molecule has 3 rings (SSSR count). The molecule has 0 unspecified atom stereocenters. The number of nitroso groups, excluding NO2 is 1. The molecule has 1 aliphatic carbocycles. The number of halogens is 3. The van der Waals surface area contributed by atoms with Crippen LogP contribution in [0.2, 0.25) is 0 Å². The third-order valence-electron chi connectivity index (χ3n) is 6.31. The van der Waals surface area contributed by atoms with Gasteiger partial charge in [0.25, 0.3) is 5.91 Å². The van der Waals surface area contributed by atoms with Gasteiger partial charge in [0, 0.05) is 30.4 Å². The molecule has 148 valence electrons. The van der Waals surface area contributed by atoms with Crippen LogP contribution in [0, 0.1) is 23.2 Å². The predicted octanol–water partition coefficient (Wildman–Crippen LogP) is 5.47. The highest BCUT2D eigenvalue weighted by Crippen LogP contribution is 2.47. The van der Waals surface area contributed by atoms with E-state index in [9.17, 15) is 22.9 Å². The molecule has 27 heavy (non-hydrogen) atoms. The molecular formula is C20H25F3N2O2. The lowest BCUT2D eigenvalue weighted by atomic mass is 9.65. The molecule has 0 bridgehead atoms. The summed E-state index contributed by atoms with van der Waals surface area (Å²) in [4.78, 5) is 23.5. The first-order valence-electron chi connectivity index (χ1n) is 9.51. The van der Waals surface area contributed by atoms with Crippen molar-refractivity contribution in [3.63, 3.8) is 0 Å². The minimum atomic E-state index is -4.33. The van der Waals surface area contributed by atoms with Gasteiger partial charge in [-0.25, -0.2) is 0 Å². The standard InChI is InChI=1S/C20H25F3N2O2/c1-14-10-16(20(21,22)23)13-17(11-14)25-8-6-19(7-9-25)4-2-15(3-5-19)12-18(26)24-27/h10-11,13,15H,2-9,12H2,1H3. The highest BCUT2D eigenvalue weighted by atomic mass is 19.4. The number of hydrogen-bond donors (Lipinski definition) is 0. The molecule has 1 aromatic carbocycles. The van der Waals surface area contributed by atoms with E-state index in [4.69, 9.17) is 0 Å². The largest absolute Gasteiger partial charge is 0.416 e. The van der Waals surface area contributed by atoms with Crippen LogP contribution in [0.15, 0.2) is 23.4 Å². The van der Waals surface area contributed by atoms with Crippen molar-refractivity contribution in [2.45, 2.75) is 58.0 Å². The summed E-state index contributed by atoms with van der Waals surface area (Å²) in [5.41, 5.74) is 0.899. The zero-order valence-corrected chi connectivity index (χ0v) is 15.5. The second kappa shape index (κ2) is 7.60. The Kier molecular flexibility index (Phi) is 5.58. The topological polar surface area (TPSA) is 49.7 Å². The molecule has 0 aromatic heterocycles. The van der Waals surface area contributed by atoms with Crippen molar-refractivity contribution in [3.8, 4) is 0 Å². The Balaban J connectivity index is 1.61. The lowest BCUT2D eigenvalue weighted by molar-refractivity contribution is -0.137. The minimum absolute atomic E-state index is 0.224. The van der Waals surface area contributed by atoms with Crippen LogP contribution in [0.25, 0.3) is 0 Å². The van der Waals surface area contributed by atoms with Gasteiger partial charge in [-0.3, -0.25) is 4.79 Å². The maximum Gasteiger partial charge on any atom is 0.416 e. The Morgan fingerprint density at radius 2 is 1.78 bits per heavy atom. The molecule has 1 aromatic rings. The minimum Gasteiger partial charge on any atom is -0.371 e. The Bertz CT molecular complexity index is 700. The summed E-state index contributed by atoms with van der Waals surface area (Å²) in [6.07, 6.45) is 1.69. The molecular weight excluding hydrogens is 357 g/mol. The van der Waals surface area contributed by atoms with Gasteiger partial charge in [0.05, 0.1) is 5.56 Å². The molecule has 1 saturated carbocycles. The maximum absolute atomic E-state index is 13.1. The second-order valence-corrected chi connectivity index (χ2v) is 8.17. The molecule has 7 heteroatoms. The number of carbonyl (C=O) groups excluding carboxylic acids is 1. The third kappa shape index (κ3) is 4.68. The molecule has 1 heterocycles. The van der Waals surface area contributed by atoms with E-state index < -0.39 is 17.6 Å². The van der Waals surface area contributed by atoms with Crippen LogP contribution in [-0.4, -0.2) is 19.0 Å². The van der Waals surface area contributed by atoms with Gasteiger partial charge in [-0.2, -0.15) is 13.2 Å². The summed E-state index contributed by atoms with van der Waals surface area (Å²) in [7, 11) is 0. The normalized spacial score (nSPS) is 20.7. The number of carbonyl (C=O) groups is 1. The molecule has 0 N–H and O–H groups in total. The molecule has 0 radical (unpaired) electrons. The zero-order chi connectivity index (χ0) is 19.7. The smallest absolute Gasteiger partial charge is 0.371 e. The van der Waals surface area contributed by atoms with Crippen LogP contribution in [0.3, 0.4) is 0 Å². The monoisotopic (exact) mass is 382 g/mol. The number of amides is 1. The lowest BCUT2D eigenvalue weighted by Crippen LogP contribution is -2.42. The molecule has 1 amide bonds. The number of aryl methyl sites for hydroxylation is 1. The van der Waals surface area contributed by atoms with Crippen LogP contribution >= 0.6 is 0 Å². The molecule has 1 spiro atoms. The number of anilines is 1. The van der Waals surface area contributed by atoms with Crippen molar-refractivity contribution in [2.75, 3.05) is 18.0 Å². The summed E-state index contributed by atoms with van der Waals surface area (Å²) < 4.78 is 39.3. The van der Waals surface area contributed by atoms with Gasteiger partial charge >= 0.3 is 6.18 Å². The molecule has 2 fully saturated rings. The highest BCUT2D eigenvalue weighted by molar-refractivity contribution is 5.76. The van der Waals surface area contributed by atoms with Crippen molar-refractivity contribution < 1.29 is 18.0 Å². The Labute approximate surface area is 157 Å². The van der Waals surface area contributed by atoms with Gasteiger partial charge in [-0.1, -0.05) is 0 Å². The molecule has 4 nitrogen and oxygen atoms in total. The van der Waals surface area contributed by atoms with E-state index in [0.29, 0.717) is 11.3 Å². The number of rotatable bonds is 3. The first kappa shape index (κ1) is 19.8. The number of hydrogen-bond acceptors (Lipinski definition) is 3. The van der Waals surface area contributed by atoms with E-state index in [0.717, 1.165) is 51.6 Å². The van der Waals surface area contributed by atoms with E-state index in [-0.39, 0.29) is 17.8 Å². The van der Waals surface area contributed by atoms with Crippen molar-refractivity contribution in [3.05, 3.63) is 34.2 Å². The van der Waals surface area contributed by atoms with Crippen LogP contribution in [0.1, 0.15) is 56.1 Å². The van der Waals surface area contributed by atoms with Gasteiger partial charge in [0.15, 0.2) is 0 Å². The number of alkyl halides is 3. The van der Waals surface area contributed by atoms with Crippen molar-refractivity contribution in [1.29, 1.82) is 0 Å². The Morgan fingerprint density at radius 1 is 1.15 bits per heavy atom. The Morgan fingerprint density at radius 3 is 2.33 bits per heavy atom. The maximum atomic E-state index is 13.1. The fourth-order valence-corrected chi connectivity index (χ4v) is 4.63. The van der Waals surface area contributed by atoms with Crippen molar-refractivity contribution in [1.82, 2.24) is 0 Å². The molecule has 2 aliphatic rings. The zero-order valence-electron chi connectivity index (χ0n) is 15.5. The van der Waals surface area contributed by atoms with Gasteiger partial charge in [-0.15, -0.1) is 4.91 Å². The van der Waals surface area contributed by atoms with Gasteiger partial charge in [-0.05, 0) is 80.5 Å². The van der Waals surface area contributed by atoms with Crippen LogP contribution in [0.4, 0.5) is 18.9 Å². The molecule has 1 saturated heterocycles. The van der Waals surface area contributed by atoms with Crippen molar-refractivity contribution in [2.24, 2.45) is 16.5 Å². The van der Waals surface area contributed by atoms with E-state index in [2.05, 4.69) is 10.1 Å². The summed E-state index contributed by atoms with van der Waals surface area (Å²) in [6, 6.07) is 4.26. The first-order chi connectivity index (χ1) is 12.7.